The van der Waals surface area contributed by atoms with Crippen LogP contribution >= 0.6 is 0 Å². The standard InChI is InChI=1S/C16H32O2/c1-6-7-8-9-10-11-12-18-15(17)13-16(4,5)14(2)3/h14H,6-13H2,1-5H3. The first-order valence-electron chi connectivity index (χ1n) is 7.55. The van der Waals surface area contributed by atoms with Gasteiger partial charge in [-0.3, -0.25) is 4.79 Å². The van der Waals surface area contributed by atoms with Crippen LogP contribution in [0.2, 0.25) is 0 Å². The van der Waals surface area contributed by atoms with E-state index in [1.54, 1.807) is 0 Å². The summed E-state index contributed by atoms with van der Waals surface area (Å²) in [7, 11) is 0. The predicted molar refractivity (Wildman–Crippen MR) is 77.6 cm³/mol. The predicted octanol–water partition coefficient (Wildman–Crippen LogP) is 4.96. The summed E-state index contributed by atoms with van der Waals surface area (Å²) in [5.74, 6) is 0.460. The number of hydrogen-bond acceptors (Lipinski definition) is 2. The largest absolute Gasteiger partial charge is 0.466 e. The van der Waals surface area contributed by atoms with Crippen molar-refractivity contribution in [1.82, 2.24) is 0 Å². The summed E-state index contributed by atoms with van der Waals surface area (Å²) in [5.41, 5.74) is 0.0399. The Bertz CT molecular complexity index is 219. The third-order valence-corrected chi connectivity index (χ3v) is 3.92. The molecule has 0 N–H and O–H groups in total. The quantitative estimate of drug-likeness (QED) is 0.408. The molecule has 0 aromatic heterocycles. The van der Waals surface area contributed by atoms with Crippen molar-refractivity contribution < 1.29 is 9.53 Å². The van der Waals surface area contributed by atoms with Crippen LogP contribution < -0.4 is 0 Å². The lowest BCUT2D eigenvalue weighted by atomic mass is 9.78. The van der Waals surface area contributed by atoms with Crippen molar-refractivity contribution in [1.29, 1.82) is 0 Å². The van der Waals surface area contributed by atoms with Crippen molar-refractivity contribution in [2.24, 2.45) is 11.3 Å². The molecule has 0 rings (SSSR count). The molecule has 0 fully saturated rings. The van der Waals surface area contributed by atoms with Crippen LogP contribution in [-0.2, 0) is 9.53 Å². The summed E-state index contributed by atoms with van der Waals surface area (Å²) in [6.45, 7) is 11.4. The van der Waals surface area contributed by atoms with Gasteiger partial charge in [0.05, 0.1) is 13.0 Å². The minimum Gasteiger partial charge on any atom is -0.466 e. The van der Waals surface area contributed by atoms with Gasteiger partial charge in [-0.25, -0.2) is 0 Å². The van der Waals surface area contributed by atoms with Gasteiger partial charge in [0.15, 0.2) is 0 Å². The van der Waals surface area contributed by atoms with Gasteiger partial charge in [-0.05, 0) is 17.8 Å². The fourth-order valence-corrected chi connectivity index (χ4v) is 1.70. The maximum Gasteiger partial charge on any atom is 0.306 e. The molecule has 2 nitrogen and oxygen atoms in total. The summed E-state index contributed by atoms with van der Waals surface area (Å²) < 4.78 is 5.30. The van der Waals surface area contributed by atoms with Crippen molar-refractivity contribution in [3.8, 4) is 0 Å². The maximum absolute atomic E-state index is 11.7. The lowest BCUT2D eigenvalue weighted by molar-refractivity contribution is -0.146. The van der Waals surface area contributed by atoms with Crippen LogP contribution in [0.25, 0.3) is 0 Å². The van der Waals surface area contributed by atoms with Gasteiger partial charge in [-0.15, -0.1) is 0 Å². The van der Waals surface area contributed by atoms with Crippen LogP contribution in [-0.4, -0.2) is 12.6 Å². The first-order valence-corrected chi connectivity index (χ1v) is 7.55. The minimum atomic E-state index is -0.0396. The number of unbranched alkanes of at least 4 members (excludes halogenated alkanes) is 5. The molecule has 0 aromatic carbocycles. The molecular formula is C16H32O2. The molecule has 0 aliphatic carbocycles. The number of esters is 1. The molecule has 0 amide bonds. The number of ether oxygens (including phenoxy) is 1. The molecule has 0 spiro atoms. The molecule has 0 saturated carbocycles. The Kier molecular flexibility index (Phi) is 9.13. The van der Waals surface area contributed by atoms with Gasteiger partial charge >= 0.3 is 5.97 Å². The zero-order valence-electron chi connectivity index (χ0n) is 13.1. The molecule has 0 bridgehead atoms. The van der Waals surface area contributed by atoms with E-state index in [2.05, 4.69) is 34.6 Å². The molecule has 0 saturated heterocycles. The molecule has 18 heavy (non-hydrogen) atoms. The topological polar surface area (TPSA) is 26.3 Å². The minimum absolute atomic E-state index is 0.0396. The van der Waals surface area contributed by atoms with Gasteiger partial charge in [0.25, 0.3) is 0 Å². The fourth-order valence-electron chi connectivity index (χ4n) is 1.70. The van der Waals surface area contributed by atoms with Gasteiger partial charge in [-0.2, -0.15) is 0 Å². The Morgan fingerprint density at radius 3 is 2.17 bits per heavy atom. The van der Waals surface area contributed by atoms with Gasteiger partial charge in [0.1, 0.15) is 0 Å². The Hall–Kier alpha value is -0.530. The molecule has 108 valence electrons. The first-order chi connectivity index (χ1) is 8.40. The Morgan fingerprint density at radius 1 is 1.06 bits per heavy atom. The van der Waals surface area contributed by atoms with E-state index in [4.69, 9.17) is 4.74 Å². The van der Waals surface area contributed by atoms with Crippen molar-refractivity contribution in [2.45, 2.75) is 79.6 Å². The van der Waals surface area contributed by atoms with Crippen LogP contribution in [0.3, 0.4) is 0 Å². The summed E-state index contributed by atoms with van der Waals surface area (Å²) in [6, 6.07) is 0. The van der Waals surface area contributed by atoms with E-state index >= 15 is 0 Å². The molecular weight excluding hydrogens is 224 g/mol. The highest BCUT2D eigenvalue weighted by Crippen LogP contribution is 2.30. The number of hydrogen-bond donors (Lipinski definition) is 0. The second-order valence-corrected chi connectivity index (χ2v) is 6.31. The lowest BCUT2D eigenvalue weighted by Crippen LogP contribution is -2.24. The van der Waals surface area contributed by atoms with Crippen LogP contribution in [0.15, 0.2) is 0 Å². The molecule has 0 aliphatic rings. The summed E-state index contributed by atoms with van der Waals surface area (Å²) in [4.78, 5) is 11.7. The van der Waals surface area contributed by atoms with Crippen LogP contribution in [0, 0.1) is 11.3 Å². The Morgan fingerprint density at radius 2 is 1.61 bits per heavy atom. The molecule has 0 unspecified atom stereocenters. The number of carbonyl (C=O) groups excluding carboxylic acids is 1. The fraction of sp³-hybridized carbons (Fsp3) is 0.938. The summed E-state index contributed by atoms with van der Waals surface area (Å²) >= 11 is 0. The third kappa shape index (κ3) is 8.54. The number of carbonyl (C=O) groups is 1. The van der Waals surface area contributed by atoms with E-state index < -0.39 is 0 Å². The van der Waals surface area contributed by atoms with E-state index in [0.717, 1.165) is 6.42 Å². The van der Waals surface area contributed by atoms with Crippen molar-refractivity contribution in [2.75, 3.05) is 6.61 Å². The smallest absolute Gasteiger partial charge is 0.306 e. The van der Waals surface area contributed by atoms with E-state index in [1.807, 2.05) is 0 Å². The SMILES string of the molecule is CCCCCCCCOC(=O)CC(C)(C)C(C)C. The highest BCUT2D eigenvalue weighted by Gasteiger charge is 2.26. The maximum atomic E-state index is 11.7. The summed E-state index contributed by atoms with van der Waals surface area (Å²) in [6.07, 6.45) is 7.90. The average Bonchev–Trinajstić information content (AvgIpc) is 2.27. The molecule has 0 heterocycles. The first kappa shape index (κ1) is 17.5. The van der Waals surface area contributed by atoms with Gasteiger partial charge < -0.3 is 4.74 Å². The van der Waals surface area contributed by atoms with Gasteiger partial charge in [0.2, 0.25) is 0 Å². The van der Waals surface area contributed by atoms with E-state index in [-0.39, 0.29) is 11.4 Å². The zero-order chi connectivity index (χ0) is 14.0. The summed E-state index contributed by atoms with van der Waals surface area (Å²) in [5, 5.41) is 0. The molecule has 0 radical (unpaired) electrons. The molecule has 2 heteroatoms. The van der Waals surface area contributed by atoms with Crippen molar-refractivity contribution in [3.05, 3.63) is 0 Å². The van der Waals surface area contributed by atoms with E-state index in [0.29, 0.717) is 18.9 Å². The lowest BCUT2D eigenvalue weighted by Gasteiger charge is -2.27. The van der Waals surface area contributed by atoms with Crippen LogP contribution in [0.1, 0.15) is 79.6 Å². The molecule has 0 aliphatic heterocycles. The second-order valence-electron chi connectivity index (χ2n) is 6.31. The average molecular weight is 256 g/mol. The van der Waals surface area contributed by atoms with Gasteiger partial charge in [-0.1, -0.05) is 66.7 Å². The Balaban J connectivity index is 3.54. The van der Waals surface area contributed by atoms with Crippen molar-refractivity contribution >= 4 is 5.97 Å². The van der Waals surface area contributed by atoms with Crippen molar-refractivity contribution in [3.63, 3.8) is 0 Å². The number of rotatable bonds is 10. The normalized spacial score (nSPS) is 11.9. The van der Waals surface area contributed by atoms with Crippen LogP contribution in [0.5, 0.6) is 0 Å². The van der Waals surface area contributed by atoms with Gasteiger partial charge in [0, 0.05) is 0 Å². The second kappa shape index (κ2) is 9.41. The molecule has 0 aromatic rings. The van der Waals surface area contributed by atoms with Crippen LogP contribution in [0.4, 0.5) is 0 Å². The van der Waals surface area contributed by atoms with E-state index in [9.17, 15) is 4.79 Å². The Labute approximate surface area is 113 Å². The highest BCUT2D eigenvalue weighted by molar-refractivity contribution is 5.70. The highest BCUT2D eigenvalue weighted by atomic mass is 16.5. The molecule has 0 atom stereocenters. The van der Waals surface area contributed by atoms with E-state index in [1.165, 1.54) is 32.1 Å². The zero-order valence-corrected chi connectivity index (χ0v) is 13.1. The third-order valence-electron chi connectivity index (χ3n) is 3.92. The monoisotopic (exact) mass is 256 g/mol.